The quantitative estimate of drug-likeness (QED) is 0.870. The molecule has 0 aliphatic carbocycles. The first-order chi connectivity index (χ1) is 9.08. The van der Waals surface area contributed by atoms with Gasteiger partial charge in [-0.1, -0.05) is 6.07 Å². The topological polar surface area (TPSA) is 45.4 Å². The van der Waals surface area contributed by atoms with Crippen molar-refractivity contribution in [1.29, 1.82) is 0 Å². The number of rotatable bonds is 5. The highest BCUT2D eigenvalue weighted by Crippen LogP contribution is 2.23. The van der Waals surface area contributed by atoms with Crippen LogP contribution in [-0.4, -0.2) is 54.6 Å². The molecule has 0 aromatic carbocycles. The highest BCUT2D eigenvalue weighted by atomic mass is 15.2. The Morgan fingerprint density at radius 2 is 2.32 bits per heavy atom. The van der Waals surface area contributed by atoms with Gasteiger partial charge in [0.25, 0.3) is 0 Å². The second kappa shape index (κ2) is 6.46. The normalized spacial score (nSPS) is 23.7. The Morgan fingerprint density at radius 3 is 2.84 bits per heavy atom. The average molecular weight is 262 g/mol. The van der Waals surface area contributed by atoms with Crippen LogP contribution in [0.3, 0.4) is 0 Å². The highest BCUT2D eigenvalue weighted by molar-refractivity contribution is 5.11. The zero-order valence-corrected chi connectivity index (χ0v) is 12.3. The first-order valence-electron chi connectivity index (χ1n) is 7.13. The van der Waals surface area contributed by atoms with E-state index in [-0.39, 0.29) is 12.1 Å². The van der Waals surface area contributed by atoms with Gasteiger partial charge in [-0.05, 0) is 52.0 Å². The molecule has 0 amide bonds. The van der Waals surface area contributed by atoms with Crippen molar-refractivity contribution in [1.82, 2.24) is 14.8 Å². The maximum Gasteiger partial charge on any atom is 0.0668 e. The predicted octanol–water partition coefficient (Wildman–Crippen LogP) is 1.35. The van der Waals surface area contributed by atoms with Crippen molar-refractivity contribution in [2.45, 2.75) is 25.4 Å². The van der Waals surface area contributed by atoms with Gasteiger partial charge in [0.2, 0.25) is 0 Å². The van der Waals surface area contributed by atoms with E-state index in [9.17, 15) is 0 Å². The van der Waals surface area contributed by atoms with Gasteiger partial charge in [0, 0.05) is 25.3 Å². The van der Waals surface area contributed by atoms with Crippen molar-refractivity contribution in [2.75, 3.05) is 33.7 Å². The summed E-state index contributed by atoms with van der Waals surface area (Å²) in [4.78, 5) is 9.25. The Kier molecular flexibility index (Phi) is 4.91. The molecular weight excluding hydrogens is 236 g/mol. The molecule has 0 spiro atoms. The van der Waals surface area contributed by atoms with Crippen molar-refractivity contribution in [2.24, 2.45) is 11.7 Å². The zero-order valence-electron chi connectivity index (χ0n) is 12.3. The lowest BCUT2D eigenvalue weighted by atomic mass is 10.0. The summed E-state index contributed by atoms with van der Waals surface area (Å²) >= 11 is 0. The van der Waals surface area contributed by atoms with E-state index in [0.29, 0.717) is 0 Å². The Balaban J connectivity index is 2.03. The third kappa shape index (κ3) is 3.75. The van der Waals surface area contributed by atoms with Crippen LogP contribution in [0.1, 0.15) is 25.1 Å². The summed E-state index contributed by atoms with van der Waals surface area (Å²) in [5, 5.41) is 0. The molecule has 1 aromatic heterocycles. The largest absolute Gasteiger partial charge is 0.326 e. The van der Waals surface area contributed by atoms with Gasteiger partial charge in [-0.25, -0.2) is 0 Å². The molecular formula is C15H26N4. The number of pyridine rings is 1. The number of nitrogens with two attached hydrogens (primary N) is 1. The van der Waals surface area contributed by atoms with Gasteiger partial charge in [-0.2, -0.15) is 0 Å². The summed E-state index contributed by atoms with van der Waals surface area (Å²) in [7, 11) is 4.36. The first-order valence-corrected chi connectivity index (χ1v) is 7.13. The molecule has 4 nitrogen and oxygen atoms in total. The molecule has 1 aromatic rings. The fourth-order valence-electron chi connectivity index (χ4n) is 3.14. The molecule has 0 radical (unpaired) electrons. The number of hydrogen-bond donors (Lipinski definition) is 1. The molecule has 1 aliphatic heterocycles. The molecule has 4 heteroatoms. The molecule has 2 N–H and O–H groups in total. The molecule has 1 aliphatic rings. The van der Waals surface area contributed by atoms with Crippen LogP contribution in [0.2, 0.25) is 0 Å². The molecule has 3 atom stereocenters. The first kappa shape index (κ1) is 14.4. The van der Waals surface area contributed by atoms with E-state index in [1.54, 1.807) is 0 Å². The lowest BCUT2D eigenvalue weighted by molar-refractivity contribution is 0.184. The van der Waals surface area contributed by atoms with Gasteiger partial charge in [0.05, 0.1) is 11.7 Å². The van der Waals surface area contributed by atoms with Crippen LogP contribution in [0.5, 0.6) is 0 Å². The highest BCUT2D eigenvalue weighted by Gasteiger charge is 2.27. The minimum absolute atomic E-state index is 0.0824. The van der Waals surface area contributed by atoms with Crippen LogP contribution < -0.4 is 5.73 Å². The van der Waals surface area contributed by atoms with Crippen molar-refractivity contribution in [3.8, 4) is 0 Å². The van der Waals surface area contributed by atoms with Crippen LogP contribution in [0, 0.1) is 5.92 Å². The maximum absolute atomic E-state index is 6.18. The minimum atomic E-state index is 0.0824. The van der Waals surface area contributed by atoms with Crippen LogP contribution in [0.25, 0.3) is 0 Å². The summed E-state index contributed by atoms with van der Waals surface area (Å²) in [6, 6.07) is 6.35. The monoisotopic (exact) mass is 262 g/mol. The van der Waals surface area contributed by atoms with Crippen molar-refractivity contribution >= 4 is 0 Å². The molecule has 19 heavy (non-hydrogen) atoms. The van der Waals surface area contributed by atoms with E-state index in [2.05, 4.69) is 41.9 Å². The second-order valence-corrected chi connectivity index (χ2v) is 5.92. The van der Waals surface area contributed by atoms with E-state index in [1.165, 1.54) is 19.5 Å². The lowest BCUT2D eigenvalue weighted by Gasteiger charge is -2.32. The Labute approximate surface area is 116 Å². The molecule has 1 saturated heterocycles. The Morgan fingerprint density at radius 1 is 1.53 bits per heavy atom. The number of likely N-dealkylation sites (tertiary alicyclic amines) is 1. The summed E-state index contributed by atoms with van der Waals surface area (Å²) in [5.41, 5.74) is 7.25. The average Bonchev–Trinajstić information content (AvgIpc) is 2.75. The molecule has 0 saturated carbocycles. The van der Waals surface area contributed by atoms with Gasteiger partial charge in [0.1, 0.15) is 0 Å². The van der Waals surface area contributed by atoms with E-state index in [1.807, 2.05) is 18.3 Å². The van der Waals surface area contributed by atoms with Crippen molar-refractivity contribution < 1.29 is 0 Å². The summed E-state index contributed by atoms with van der Waals surface area (Å²) < 4.78 is 0. The molecule has 3 unspecified atom stereocenters. The number of aromatic nitrogens is 1. The predicted molar refractivity (Wildman–Crippen MR) is 78.9 cm³/mol. The van der Waals surface area contributed by atoms with E-state index < -0.39 is 0 Å². The third-order valence-electron chi connectivity index (χ3n) is 4.00. The molecule has 106 valence electrons. The smallest absolute Gasteiger partial charge is 0.0668 e. The van der Waals surface area contributed by atoms with Crippen LogP contribution in [0.15, 0.2) is 24.4 Å². The van der Waals surface area contributed by atoms with Crippen LogP contribution in [-0.2, 0) is 0 Å². The molecule has 0 bridgehead atoms. The van der Waals surface area contributed by atoms with Gasteiger partial charge >= 0.3 is 0 Å². The number of hydrogen-bond acceptors (Lipinski definition) is 4. The minimum Gasteiger partial charge on any atom is -0.326 e. The fraction of sp³-hybridized carbons (Fsp3) is 0.667. The van der Waals surface area contributed by atoms with Crippen LogP contribution >= 0.6 is 0 Å². The van der Waals surface area contributed by atoms with E-state index >= 15 is 0 Å². The maximum atomic E-state index is 6.18. The zero-order chi connectivity index (χ0) is 13.8. The van der Waals surface area contributed by atoms with Crippen LogP contribution in [0.4, 0.5) is 0 Å². The molecule has 2 heterocycles. The SMILES string of the molecule is CC(N)C(c1ccccn1)N(C)CC1CCN(C)C1. The Hall–Kier alpha value is -0.970. The molecule has 1 fully saturated rings. The van der Waals surface area contributed by atoms with Gasteiger partial charge < -0.3 is 10.6 Å². The summed E-state index contributed by atoms with van der Waals surface area (Å²) in [6.45, 7) is 5.56. The van der Waals surface area contributed by atoms with Gasteiger partial charge in [0.15, 0.2) is 0 Å². The second-order valence-electron chi connectivity index (χ2n) is 5.92. The molecule has 2 rings (SSSR count). The van der Waals surface area contributed by atoms with E-state index in [0.717, 1.165) is 18.2 Å². The fourth-order valence-corrected chi connectivity index (χ4v) is 3.14. The lowest BCUT2D eigenvalue weighted by Crippen LogP contribution is -2.40. The Bertz CT molecular complexity index is 379. The van der Waals surface area contributed by atoms with Gasteiger partial charge in [-0.15, -0.1) is 0 Å². The van der Waals surface area contributed by atoms with E-state index in [4.69, 9.17) is 5.73 Å². The van der Waals surface area contributed by atoms with Gasteiger partial charge in [-0.3, -0.25) is 9.88 Å². The summed E-state index contributed by atoms with van der Waals surface area (Å²) in [5.74, 6) is 0.750. The summed E-state index contributed by atoms with van der Waals surface area (Å²) in [6.07, 6.45) is 3.14. The van der Waals surface area contributed by atoms with Crippen molar-refractivity contribution in [3.63, 3.8) is 0 Å². The third-order valence-corrected chi connectivity index (χ3v) is 4.00. The van der Waals surface area contributed by atoms with Crippen molar-refractivity contribution in [3.05, 3.63) is 30.1 Å². The standard InChI is InChI=1S/C15H26N4/c1-12(16)15(14-6-4-5-8-17-14)19(3)11-13-7-9-18(2)10-13/h4-6,8,12-13,15H,7,9-11,16H2,1-3H3. The number of likely N-dealkylation sites (N-methyl/N-ethyl adjacent to an activating group) is 1. The number of nitrogens with zero attached hydrogens (tertiary/aromatic N) is 3.